The van der Waals surface area contributed by atoms with Gasteiger partial charge in [-0.2, -0.15) is 0 Å². The number of hydrogen-bond acceptors (Lipinski definition) is 3. The molecule has 1 heterocycles. The average Bonchev–Trinajstić information content (AvgIpc) is 2.85. The summed E-state index contributed by atoms with van der Waals surface area (Å²) in [4.78, 5) is 15.9. The molecule has 2 rings (SSSR count). The van der Waals surface area contributed by atoms with Crippen LogP contribution >= 0.6 is 0 Å². The molecule has 0 spiro atoms. The standard InChI is InChI=1S/C14H20N2O2/c1-2-14-16-10-12(18-14)9-15-13(17)8-11-6-4-3-5-7-11/h4,6,10-11H,2-3,5,7-9H2,1H3,(H,15,17). The van der Waals surface area contributed by atoms with Gasteiger partial charge in [-0.15, -0.1) is 0 Å². The lowest BCUT2D eigenvalue weighted by Gasteiger charge is -2.15. The van der Waals surface area contributed by atoms with Gasteiger partial charge in [0.1, 0.15) is 5.76 Å². The molecule has 0 bridgehead atoms. The molecule has 1 N–H and O–H groups in total. The fraction of sp³-hybridized carbons (Fsp3) is 0.571. The van der Waals surface area contributed by atoms with E-state index in [1.807, 2.05) is 6.92 Å². The van der Waals surface area contributed by atoms with Gasteiger partial charge in [0.2, 0.25) is 5.91 Å². The third-order valence-electron chi connectivity index (χ3n) is 3.17. The Morgan fingerprint density at radius 3 is 3.17 bits per heavy atom. The average molecular weight is 248 g/mol. The molecule has 0 saturated heterocycles. The number of oxazole rings is 1. The van der Waals surface area contributed by atoms with E-state index >= 15 is 0 Å². The van der Waals surface area contributed by atoms with Crippen molar-refractivity contribution in [3.05, 3.63) is 30.0 Å². The van der Waals surface area contributed by atoms with Crippen molar-refractivity contribution in [2.45, 2.75) is 45.6 Å². The molecule has 4 nitrogen and oxygen atoms in total. The van der Waals surface area contributed by atoms with Gasteiger partial charge in [0, 0.05) is 12.8 Å². The molecule has 4 heteroatoms. The molecule has 1 aromatic rings. The minimum absolute atomic E-state index is 0.0843. The zero-order valence-electron chi connectivity index (χ0n) is 10.8. The molecule has 98 valence electrons. The van der Waals surface area contributed by atoms with Crippen molar-refractivity contribution in [3.8, 4) is 0 Å². The largest absolute Gasteiger partial charge is 0.444 e. The number of carbonyl (C=O) groups excluding carboxylic acids is 1. The second kappa shape index (κ2) is 6.38. The van der Waals surface area contributed by atoms with Crippen molar-refractivity contribution in [2.75, 3.05) is 0 Å². The van der Waals surface area contributed by atoms with Crippen LogP contribution in [-0.2, 0) is 17.8 Å². The van der Waals surface area contributed by atoms with Gasteiger partial charge in [-0.25, -0.2) is 4.98 Å². The first-order valence-electron chi connectivity index (χ1n) is 6.65. The van der Waals surface area contributed by atoms with E-state index in [2.05, 4.69) is 22.5 Å². The van der Waals surface area contributed by atoms with Crippen LogP contribution in [0.25, 0.3) is 0 Å². The van der Waals surface area contributed by atoms with Crippen molar-refractivity contribution < 1.29 is 9.21 Å². The van der Waals surface area contributed by atoms with Gasteiger partial charge in [-0.3, -0.25) is 4.79 Å². The number of aromatic nitrogens is 1. The van der Waals surface area contributed by atoms with E-state index in [1.54, 1.807) is 6.20 Å². The van der Waals surface area contributed by atoms with Gasteiger partial charge < -0.3 is 9.73 Å². The summed E-state index contributed by atoms with van der Waals surface area (Å²) in [6.07, 6.45) is 10.8. The van der Waals surface area contributed by atoms with Crippen LogP contribution in [0, 0.1) is 5.92 Å². The summed E-state index contributed by atoms with van der Waals surface area (Å²) in [7, 11) is 0. The number of carbonyl (C=O) groups is 1. The monoisotopic (exact) mass is 248 g/mol. The summed E-state index contributed by atoms with van der Waals surface area (Å²) in [5.74, 6) is 1.93. The lowest BCUT2D eigenvalue weighted by Crippen LogP contribution is -2.24. The smallest absolute Gasteiger partial charge is 0.220 e. The van der Waals surface area contributed by atoms with E-state index in [-0.39, 0.29) is 5.91 Å². The van der Waals surface area contributed by atoms with E-state index in [1.165, 1.54) is 6.42 Å². The van der Waals surface area contributed by atoms with Crippen LogP contribution in [0.3, 0.4) is 0 Å². The van der Waals surface area contributed by atoms with Crippen molar-refractivity contribution in [1.29, 1.82) is 0 Å². The van der Waals surface area contributed by atoms with Crippen molar-refractivity contribution in [3.63, 3.8) is 0 Å². The van der Waals surface area contributed by atoms with Crippen LogP contribution in [0.15, 0.2) is 22.8 Å². The van der Waals surface area contributed by atoms with Crippen molar-refractivity contribution >= 4 is 5.91 Å². The lowest BCUT2D eigenvalue weighted by atomic mass is 9.93. The Labute approximate surface area is 107 Å². The SMILES string of the molecule is CCc1ncc(CNC(=O)CC2C=CCCC2)o1. The van der Waals surface area contributed by atoms with Gasteiger partial charge in [0.25, 0.3) is 0 Å². The molecule has 18 heavy (non-hydrogen) atoms. The van der Waals surface area contributed by atoms with Gasteiger partial charge in [-0.1, -0.05) is 19.1 Å². The highest BCUT2D eigenvalue weighted by Gasteiger charge is 2.13. The minimum atomic E-state index is 0.0843. The molecule has 0 aromatic carbocycles. The minimum Gasteiger partial charge on any atom is -0.444 e. The summed E-state index contributed by atoms with van der Waals surface area (Å²) in [6, 6.07) is 0. The number of nitrogens with one attached hydrogen (secondary N) is 1. The van der Waals surface area contributed by atoms with E-state index < -0.39 is 0 Å². The quantitative estimate of drug-likeness (QED) is 0.815. The van der Waals surface area contributed by atoms with E-state index in [4.69, 9.17) is 4.42 Å². The zero-order valence-corrected chi connectivity index (χ0v) is 10.8. The van der Waals surface area contributed by atoms with Crippen LogP contribution in [0.5, 0.6) is 0 Å². The maximum absolute atomic E-state index is 11.8. The lowest BCUT2D eigenvalue weighted by molar-refractivity contribution is -0.122. The second-order valence-electron chi connectivity index (χ2n) is 4.67. The van der Waals surface area contributed by atoms with E-state index in [0.29, 0.717) is 18.9 Å². The Morgan fingerprint density at radius 1 is 1.61 bits per heavy atom. The molecular formula is C14H20N2O2. The predicted molar refractivity (Wildman–Crippen MR) is 68.8 cm³/mol. The first kappa shape index (κ1) is 12.9. The molecule has 0 aliphatic heterocycles. The molecule has 0 radical (unpaired) electrons. The molecule has 1 aliphatic rings. The van der Waals surface area contributed by atoms with Gasteiger partial charge >= 0.3 is 0 Å². The maximum Gasteiger partial charge on any atom is 0.220 e. The molecule has 1 atom stereocenters. The summed E-state index contributed by atoms with van der Waals surface area (Å²) in [5.41, 5.74) is 0. The summed E-state index contributed by atoms with van der Waals surface area (Å²) in [6.45, 7) is 2.42. The number of allylic oxidation sites excluding steroid dienone is 2. The van der Waals surface area contributed by atoms with Crippen LogP contribution in [0.1, 0.15) is 44.3 Å². The molecular weight excluding hydrogens is 228 g/mol. The highest BCUT2D eigenvalue weighted by molar-refractivity contribution is 5.76. The normalized spacial score (nSPS) is 18.8. The van der Waals surface area contributed by atoms with Crippen molar-refractivity contribution in [1.82, 2.24) is 10.3 Å². The van der Waals surface area contributed by atoms with E-state index in [9.17, 15) is 4.79 Å². The Balaban J connectivity index is 1.74. The number of rotatable bonds is 5. The van der Waals surface area contributed by atoms with E-state index in [0.717, 1.165) is 30.9 Å². The Kier molecular flexibility index (Phi) is 4.56. The Hall–Kier alpha value is -1.58. The van der Waals surface area contributed by atoms with Gasteiger partial charge in [-0.05, 0) is 25.2 Å². The molecule has 1 unspecified atom stereocenters. The summed E-state index contributed by atoms with van der Waals surface area (Å²) < 4.78 is 5.43. The first-order chi connectivity index (χ1) is 8.78. The molecule has 1 amide bonds. The third kappa shape index (κ3) is 3.72. The fourth-order valence-corrected chi connectivity index (χ4v) is 2.14. The summed E-state index contributed by atoms with van der Waals surface area (Å²) >= 11 is 0. The molecule has 0 saturated carbocycles. The van der Waals surface area contributed by atoms with Crippen LogP contribution < -0.4 is 5.32 Å². The zero-order chi connectivity index (χ0) is 12.8. The van der Waals surface area contributed by atoms with Crippen LogP contribution in [0.2, 0.25) is 0 Å². The number of hydrogen-bond donors (Lipinski definition) is 1. The maximum atomic E-state index is 11.8. The Morgan fingerprint density at radius 2 is 2.50 bits per heavy atom. The number of amides is 1. The molecule has 1 aromatic heterocycles. The Bertz CT molecular complexity index is 423. The van der Waals surface area contributed by atoms with Gasteiger partial charge in [0.05, 0.1) is 12.7 Å². The highest BCUT2D eigenvalue weighted by Crippen LogP contribution is 2.19. The topological polar surface area (TPSA) is 55.1 Å². The molecule has 1 aliphatic carbocycles. The number of aryl methyl sites for hydroxylation is 1. The van der Waals surface area contributed by atoms with Crippen LogP contribution in [-0.4, -0.2) is 10.9 Å². The van der Waals surface area contributed by atoms with Gasteiger partial charge in [0.15, 0.2) is 5.89 Å². The highest BCUT2D eigenvalue weighted by atomic mass is 16.4. The predicted octanol–water partition coefficient (Wildman–Crippen LogP) is 2.60. The number of nitrogens with zero attached hydrogens (tertiary/aromatic N) is 1. The fourth-order valence-electron chi connectivity index (χ4n) is 2.14. The van der Waals surface area contributed by atoms with Crippen molar-refractivity contribution in [2.24, 2.45) is 5.92 Å². The molecule has 0 fully saturated rings. The summed E-state index contributed by atoms with van der Waals surface area (Å²) in [5, 5.41) is 2.88. The second-order valence-corrected chi connectivity index (χ2v) is 4.67. The third-order valence-corrected chi connectivity index (χ3v) is 3.17. The first-order valence-corrected chi connectivity index (χ1v) is 6.65. The van der Waals surface area contributed by atoms with Crippen LogP contribution in [0.4, 0.5) is 0 Å².